The number of carbonyl (C=O) groups excluding carboxylic acids is 1. The molecule has 1 aromatic carbocycles. The first-order chi connectivity index (χ1) is 7.58. The molecule has 16 heavy (non-hydrogen) atoms. The van der Waals surface area contributed by atoms with Crippen LogP contribution < -0.4 is 9.97 Å². The molecule has 1 unspecified atom stereocenters. The highest BCUT2D eigenvalue weighted by molar-refractivity contribution is 7.96. The van der Waals surface area contributed by atoms with E-state index in [9.17, 15) is 14.9 Å². The molecule has 0 saturated heterocycles. The van der Waals surface area contributed by atoms with Gasteiger partial charge < -0.3 is 20.1 Å². The molecule has 0 spiro atoms. The van der Waals surface area contributed by atoms with E-state index in [1.54, 1.807) is 12.1 Å². The summed E-state index contributed by atoms with van der Waals surface area (Å²) < 4.78 is 5.13. The second-order valence-electron chi connectivity index (χ2n) is 3.53. The van der Waals surface area contributed by atoms with Crippen molar-refractivity contribution in [1.29, 1.82) is 0 Å². The maximum atomic E-state index is 10.8. The van der Waals surface area contributed by atoms with Gasteiger partial charge in [-0.1, -0.05) is 24.8 Å². The molecule has 1 atom stereocenters. The van der Waals surface area contributed by atoms with Crippen LogP contribution in [0, 0.1) is 0 Å². The highest BCUT2D eigenvalue weighted by atomic mass is 32.1. The summed E-state index contributed by atoms with van der Waals surface area (Å²) in [4.78, 5) is 10.8. The first-order valence-corrected chi connectivity index (χ1v) is 5.17. The van der Waals surface area contributed by atoms with Gasteiger partial charge in [0.05, 0.1) is 5.94 Å². The van der Waals surface area contributed by atoms with Crippen molar-refractivity contribution in [2.75, 3.05) is 0 Å². The number of hydrogen-bond donors (Lipinski definition) is 4. The highest BCUT2D eigenvalue weighted by Crippen LogP contribution is 2.34. The van der Waals surface area contributed by atoms with E-state index in [1.165, 1.54) is 6.07 Å². The molecule has 0 saturated carbocycles. The van der Waals surface area contributed by atoms with Crippen LogP contribution in [0.1, 0.15) is 5.56 Å². The van der Waals surface area contributed by atoms with E-state index in [-0.39, 0.29) is 11.5 Å². The Labute approximate surface area is 98.0 Å². The number of rotatable bonds is 1. The monoisotopic (exact) mass is 239 g/mol. The van der Waals surface area contributed by atoms with Crippen molar-refractivity contribution in [2.45, 2.75) is 12.4 Å². The first kappa shape index (κ1) is 11.2. The van der Waals surface area contributed by atoms with E-state index in [0.717, 1.165) is 5.56 Å². The molecule has 1 aliphatic heterocycles. The number of aromatic hydroxyl groups is 1. The van der Waals surface area contributed by atoms with Gasteiger partial charge >= 0.3 is 7.12 Å². The molecule has 3 N–H and O–H groups in total. The van der Waals surface area contributed by atoms with Crippen molar-refractivity contribution in [1.82, 2.24) is 5.32 Å². The van der Waals surface area contributed by atoms with Crippen LogP contribution in [0.2, 0.25) is 0 Å². The van der Waals surface area contributed by atoms with Gasteiger partial charge in [0.2, 0.25) is 0 Å². The molecule has 0 radical (unpaired) electrons. The minimum Gasteiger partial charge on any atom is -0.532 e. The lowest BCUT2D eigenvalue weighted by molar-refractivity contribution is 0.256. The van der Waals surface area contributed by atoms with Gasteiger partial charge in [-0.05, 0) is 18.1 Å². The van der Waals surface area contributed by atoms with Crippen molar-refractivity contribution in [3.8, 4) is 11.5 Å². The van der Waals surface area contributed by atoms with Crippen molar-refractivity contribution < 1.29 is 19.6 Å². The molecule has 84 valence electrons. The second kappa shape index (κ2) is 4.27. The molecular weight excluding hydrogens is 229 g/mol. The minimum absolute atomic E-state index is 0.0211. The summed E-state index contributed by atoms with van der Waals surface area (Å²) in [6.45, 7) is 0. The normalized spacial score (nSPS) is 18.6. The Kier molecular flexibility index (Phi) is 2.98. The largest absolute Gasteiger partial charge is 0.547 e. The van der Waals surface area contributed by atoms with Gasteiger partial charge in [0.1, 0.15) is 5.75 Å². The van der Waals surface area contributed by atoms with Crippen molar-refractivity contribution >= 4 is 25.0 Å². The van der Waals surface area contributed by atoms with Gasteiger partial charge in [-0.25, -0.2) is 0 Å². The zero-order valence-electron chi connectivity index (χ0n) is 8.25. The van der Waals surface area contributed by atoms with E-state index in [1.807, 2.05) is 0 Å². The number of para-hydroxylation sites is 1. The first-order valence-electron chi connectivity index (χ1n) is 4.73. The molecule has 7 heteroatoms. The zero-order chi connectivity index (χ0) is 11.7. The quantitative estimate of drug-likeness (QED) is 0.421. The van der Waals surface area contributed by atoms with Crippen LogP contribution in [-0.4, -0.2) is 28.4 Å². The molecule has 5 nitrogen and oxygen atoms in total. The maximum Gasteiger partial charge on any atom is 0.547 e. The number of phenolic OH excluding ortho intramolecular Hbond substituents is 1. The van der Waals surface area contributed by atoms with Crippen LogP contribution >= 0.6 is 12.6 Å². The second-order valence-corrected chi connectivity index (χ2v) is 3.94. The summed E-state index contributed by atoms with van der Waals surface area (Å²) in [5.41, 5.74) is 0.734. The molecule has 1 amide bonds. The van der Waals surface area contributed by atoms with Gasteiger partial charge in [0.25, 0.3) is 5.24 Å². The van der Waals surface area contributed by atoms with E-state index in [4.69, 9.17) is 4.65 Å². The Morgan fingerprint density at radius 2 is 2.38 bits per heavy atom. The van der Waals surface area contributed by atoms with E-state index in [0.29, 0.717) is 6.42 Å². The lowest BCUT2D eigenvalue weighted by Gasteiger charge is -2.27. The predicted octanol–water partition coefficient (Wildman–Crippen LogP) is 0.355. The molecule has 1 aliphatic rings. The van der Waals surface area contributed by atoms with E-state index >= 15 is 0 Å². The topological polar surface area (TPSA) is 78.8 Å². The summed E-state index contributed by atoms with van der Waals surface area (Å²) in [5.74, 6) is -0.314. The molecule has 0 aromatic heterocycles. The number of nitrogens with one attached hydrogen (secondary N) is 1. The molecule has 0 aliphatic carbocycles. The van der Waals surface area contributed by atoms with Gasteiger partial charge in [0, 0.05) is 0 Å². The predicted molar refractivity (Wildman–Crippen MR) is 61.7 cm³/mol. The van der Waals surface area contributed by atoms with Gasteiger partial charge in [-0.3, -0.25) is 4.79 Å². The summed E-state index contributed by atoms with van der Waals surface area (Å²) in [6.07, 6.45) is 0.386. The SMILES string of the molecule is O=C(S)NC1Cc2cccc(O)c2OB1O. The Morgan fingerprint density at radius 1 is 1.62 bits per heavy atom. The molecule has 1 aromatic rings. The summed E-state index contributed by atoms with van der Waals surface area (Å²) in [7, 11) is -1.18. The Bertz CT molecular complexity index is 428. The zero-order valence-corrected chi connectivity index (χ0v) is 9.15. The number of benzene rings is 1. The molecule has 0 fully saturated rings. The average molecular weight is 239 g/mol. The van der Waals surface area contributed by atoms with E-state index in [2.05, 4.69) is 17.9 Å². The van der Waals surface area contributed by atoms with Crippen LogP contribution in [-0.2, 0) is 6.42 Å². The Morgan fingerprint density at radius 3 is 3.06 bits per heavy atom. The van der Waals surface area contributed by atoms with E-state index < -0.39 is 18.3 Å². The lowest BCUT2D eigenvalue weighted by Crippen LogP contribution is -2.51. The molecule has 0 bridgehead atoms. The molecule has 2 rings (SSSR count). The van der Waals surface area contributed by atoms with Crippen LogP contribution in [0.5, 0.6) is 11.5 Å². The van der Waals surface area contributed by atoms with Crippen LogP contribution in [0.25, 0.3) is 0 Å². The third-order valence-electron chi connectivity index (χ3n) is 2.41. The highest BCUT2D eigenvalue weighted by Gasteiger charge is 2.36. The fourth-order valence-electron chi connectivity index (χ4n) is 1.69. The number of amides is 1. The number of hydrogen-bond acceptors (Lipinski definition) is 4. The third kappa shape index (κ3) is 2.10. The fourth-order valence-corrected chi connectivity index (χ4v) is 1.86. The van der Waals surface area contributed by atoms with Crippen LogP contribution in [0.3, 0.4) is 0 Å². The molecular formula is C9H10BNO4S. The number of fused-ring (bicyclic) bond motifs is 1. The molecule has 1 heterocycles. The Hall–Kier alpha value is -1.34. The lowest BCUT2D eigenvalue weighted by atomic mass is 9.72. The van der Waals surface area contributed by atoms with Gasteiger partial charge in [-0.2, -0.15) is 0 Å². The van der Waals surface area contributed by atoms with Crippen molar-refractivity contribution in [2.24, 2.45) is 0 Å². The number of phenols is 1. The van der Waals surface area contributed by atoms with Crippen LogP contribution in [0.15, 0.2) is 18.2 Å². The number of carbonyl (C=O) groups is 1. The standard InChI is InChI=1S/C9H10BNO4S/c12-6-3-1-2-5-4-7(11-9(13)16)10(14)15-8(5)6/h1-3,7,12,14H,4H2,(H2,11,13,16). The van der Waals surface area contributed by atoms with Gasteiger partial charge in [0.15, 0.2) is 5.75 Å². The summed E-state index contributed by atoms with van der Waals surface area (Å²) in [6, 6.07) is 4.91. The van der Waals surface area contributed by atoms with Crippen molar-refractivity contribution in [3.05, 3.63) is 23.8 Å². The van der Waals surface area contributed by atoms with Crippen LogP contribution in [0.4, 0.5) is 4.79 Å². The average Bonchev–Trinajstić information content (AvgIpc) is 2.20. The smallest absolute Gasteiger partial charge is 0.532 e. The Balaban J connectivity index is 2.25. The van der Waals surface area contributed by atoms with Gasteiger partial charge in [-0.15, -0.1) is 0 Å². The van der Waals surface area contributed by atoms with Crippen molar-refractivity contribution in [3.63, 3.8) is 0 Å². The number of thiol groups is 1. The summed E-state index contributed by atoms with van der Waals surface area (Å²) >= 11 is 3.57. The fraction of sp³-hybridized carbons (Fsp3) is 0.222. The third-order valence-corrected chi connectivity index (χ3v) is 2.54. The summed E-state index contributed by atoms with van der Waals surface area (Å²) in [5, 5.41) is 21.0. The minimum atomic E-state index is -1.18. The maximum absolute atomic E-state index is 10.8.